The van der Waals surface area contributed by atoms with Gasteiger partial charge in [-0.1, -0.05) is 0 Å². The molecule has 0 aliphatic heterocycles. The van der Waals surface area contributed by atoms with Gasteiger partial charge in [-0.3, -0.25) is 4.57 Å². The predicted molar refractivity (Wildman–Crippen MR) is 27.9 cm³/mol. The van der Waals surface area contributed by atoms with Crippen LogP contribution >= 0.6 is 9.12 Å². The molecule has 1 radical (unpaired) electrons. The topological polar surface area (TPSA) is 17.1 Å². The van der Waals surface area contributed by atoms with E-state index in [9.17, 15) is 0 Å². The van der Waals surface area contributed by atoms with Gasteiger partial charge in [-0.2, -0.15) is 0 Å². The van der Waals surface area contributed by atoms with Gasteiger partial charge in [-0.15, -0.1) is 0 Å². The third kappa shape index (κ3) is 51.0. The Kier molecular flexibility index (Phi) is 38.5. The predicted octanol–water partition coefficient (Wildman–Crippen LogP) is 0.994. The molecule has 0 fully saturated rings. The van der Waals surface area contributed by atoms with E-state index in [0.717, 1.165) is 0 Å². The van der Waals surface area contributed by atoms with E-state index in [1.165, 1.54) is 0 Å². The molecule has 1 nitrogen and oxygen atoms in total. The second-order valence-corrected chi connectivity index (χ2v) is 3.87. The molecule has 0 rings (SSSR count). The molecule has 0 aromatic carbocycles. The summed E-state index contributed by atoms with van der Waals surface area (Å²) in [6, 6.07) is 0. The summed E-state index contributed by atoms with van der Waals surface area (Å²) in [4.78, 5) is 4.63. The van der Waals surface area contributed by atoms with Gasteiger partial charge in [0.25, 0.3) is 0 Å². The zero-order valence-corrected chi connectivity index (χ0v) is 7.78. The average Bonchev–Trinajstić information content (AvgIpc) is 1.46. The summed E-state index contributed by atoms with van der Waals surface area (Å²) in [5.74, 6) is 0. The van der Waals surface area contributed by atoms with Crippen molar-refractivity contribution in [1.29, 1.82) is 0 Å². The molecule has 0 spiro atoms. The number of rotatable bonds is 0. The van der Waals surface area contributed by atoms with Gasteiger partial charge in [-0.05, 0) is 0 Å². The first kappa shape index (κ1) is 9.31. The third-order valence-electron chi connectivity index (χ3n) is 0. The SMILES string of the molecule is O=P.[CH3][SnH][CH3]. The second kappa shape index (κ2) is 20.7. The fraction of sp³-hybridized carbons (Fsp3) is 1.00. The zero-order chi connectivity index (χ0) is 4.71. The Morgan fingerprint density at radius 1 is 1.40 bits per heavy atom. The van der Waals surface area contributed by atoms with Gasteiger partial charge >= 0.3 is 31.0 Å². The van der Waals surface area contributed by atoms with Crippen molar-refractivity contribution in [1.82, 2.24) is 0 Å². The number of hydrogen-bond donors (Lipinski definition) is 0. The van der Waals surface area contributed by atoms with Crippen molar-refractivity contribution < 1.29 is 4.57 Å². The second-order valence-electron chi connectivity index (χ2n) is 0.577. The van der Waals surface area contributed by atoms with Crippen LogP contribution in [-0.2, 0) is 4.57 Å². The van der Waals surface area contributed by atoms with Crippen LogP contribution in [0, 0.1) is 0 Å². The van der Waals surface area contributed by atoms with E-state index in [4.69, 9.17) is 4.57 Å². The van der Waals surface area contributed by atoms with Gasteiger partial charge in [0.15, 0.2) is 0 Å². The summed E-state index contributed by atoms with van der Waals surface area (Å²) in [6.07, 6.45) is 0. The van der Waals surface area contributed by atoms with Gasteiger partial charge in [0.2, 0.25) is 0 Å². The molecule has 0 amide bonds. The van der Waals surface area contributed by atoms with Crippen LogP contribution in [0.2, 0.25) is 9.88 Å². The maximum atomic E-state index is 8.06. The van der Waals surface area contributed by atoms with Crippen LogP contribution in [0.15, 0.2) is 0 Å². The van der Waals surface area contributed by atoms with Crippen LogP contribution in [0.4, 0.5) is 0 Å². The monoisotopic (exact) mass is 199 g/mol. The minimum atomic E-state index is 0.110. The van der Waals surface area contributed by atoms with Crippen LogP contribution in [0.5, 0.6) is 0 Å². The zero-order valence-electron chi connectivity index (χ0n) is 3.49. The molecule has 0 N–H and O–H groups in total. The van der Waals surface area contributed by atoms with Crippen LogP contribution < -0.4 is 0 Å². The molecule has 0 unspecified atom stereocenters. The Bertz CT molecular complexity index is 13.6. The van der Waals surface area contributed by atoms with Crippen molar-refractivity contribution in [2.24, 2.45) is 0 Å². The summed E-state index contributed by atoms with van der Waals surface area (Å²) in [6.45, 7) is 0. The number of hydrogen-bond acceptors (Lipinski definition) is 1. The molecule has 0 aliphatic rings. The first-order chi connectivity index (χ1) is 2.41. The van der Waals surface area contributed by atoms with Gasteiger partial charge in [0, 0.05) is 0 Å². The summed E-state index contributed by atoms with van der Waals surface area (Å²) in [5.41, 5.74) is 0. The summed E-state index contributed by atoms with van der Waals surface area (Å²) in [5, 5.41) is 0. The van der Waals surface area contributed by atoms with E-state index in [1.807, 2.05) is 0 Å². The van der Waals surface area contributed by atoms with Crippen molar-refractivity contribution in [3.63, 3.8) is 0 Å². The Morgan fingerprint density at radius 2 is 1.40 bits per heavy atom. The molecule has 3 heteroatoms. The standard InChI is InChI=1S/2CH3.HOP.Sn.H/c;;1-2;;/h2*1H3;2H;;. The van der Waals surface area contributed by atoms with Crippen molar-refractivity contribution >= 4 is 30.3 Å². The molecule has 5 heavy (non-hydrogen) atoms. The molecule has 31 valence electrons. The Balaban J connectivity index is 0. The van der Waals surface area contributed by atoms with Gasteiger partial charge < -0.3 is 0 Å². The van der Waals surface area contributed by atoms with Crippen LogP contribution in [-0.4, -0.2) is 21.1 Å². The fourth-order valence-corrected chi connectivity index (χ4v) is 0. The Hall–Kier alpha value is 0.899. The van der Waals surface area contributed by atoms with Crippen LogP contribution in [0.1, 0.15) is 0 Å². The first-order valence-electron chi connectivity index (χ1n) is 1.36. The van der Waals surface area contributed by atoms with Gasteiger partial charge in [0.1, 0.15) is 9.12 Å². The van der Waals surface area contributed by atoms with Crippen molar-refractivity contribution in [2.75, 3.05) is 0 Å². The van der Waals surface area contributed by atoms with E-state index < -0.39 is 0 Å². The molecule has 0 atom stereocenters. The van der Waals surface area contributed by atoms with E-state index in [2.05, 4.69) is 9.88 Å². The molecule has 0 aromatic rings. The summed E-state index contributed by atoms with van der Waals surface area (Å²) in [7, 11) is 1.72. The van der Waals surface area contributed by atoms with Gasteiger partial charge in [0.05, 0.1) is 0 Å². The van der Waals surface area contributed by atoms with Gasteiger partial charge in [-0.25, -0.2) is 0 Å². The third-order valence-corrected chi connectivity index (χ3v) is 0. The fourth-order valence-electron chi connectivity index (χ4n) is 0. The maximum absolute atomic E-state index is 8.06. The molecule has 0 bridgehead atoms. The molecular weight excluding hydrogens is 190 g/mol. The average molecular weight is 198 g/mol. The van der Waals surface area contributed by atoms with Crippen molar-refractivity contribution in [3.8, 4) is 0 Å². The normalized spacial score (nSPS) is 4.40. The molecule has 0 saturated heterocycles. The van der Waals surface area contributed by atoms with Crippen LogP contribution in [0.25, 0.3) is 0 Å². The minimum absolute atomic E-state index is 0.110. The molecular formula is C2H8OPSn. The molecule has 0 heterocycles. The summed E-state index contributed by atoms with van der Waals surface area (Å²) >= 11 is 0.110. The van der Waals surface area contributed by atoms with Crippen LogP contribution in [0.3, 0.4) is 0 Å². The summed E-state index contributed by atoms with van der Waals surface area (Å²) < 4.78 is 8.06. The Morgan fingerprint density at radius 3 is 1.40 bits per heavy atom. The van der Waals surface area contributed by atoms with E-state index in [1.54, 1.807) is 9.12 Å². The van der Waals surface area contributed by atoms with Crippen molar-refractivity contribution in [2.45, 2.75) is 9.88 Å². The molecule has 0 aromatic heterocycles. The Labute approximate surface area is 45.0 Å². The first-order valence-corrected chi connectivity index (χ1v) is 8.36. The molecule has 0 aliphatic carbocycles. The van der Waals surface area contributed by atoms with E-state index in [-0.39, 0.29) is 21.1 Å². The van der Waals surface area contributed by atoms with E-state index >= 15 is 0 Å². The van der Waals surface area contributed by atoms with E-state index in [0.29, 0.717) is 0 Å². The quantitative estimate of drug-likeness (QED) is 0.418. The van der Waals surface area contributed by atoms with Crippen molar-refractivity contribution in [3.05, 3.63) is 0 Å². The molecule has 0 saturated carbocycles.